The maximum Gasteiger partial charge on any atom is -0.00450 e. The highest BCUT2D eigenvalue weighted by Crippen LogP contribution is 2.21. The van der Waals surface area contributed by atoms with Crippen LogP contribution in [0.3, 0.4) is 0 Å². The Hall–Kier alpha value is -0.590. The smallest absolute Gasteiger partial charge is 0.00450 e. The molecule has 0 saturated carbocycles. The number of rotatable bonds is 2. The standard InChI is InChI=1S/C15H27N/c16-14-13-15-11-9-7-5-3-1-2-4-6-8-10-12-15/h1,3,14-16H,2,4-13H2/b3-1-,16-14?. The average Bonchev–Trinajstić information content (AvgIpc) is 2.31. The summed E-state index contributed by atoms with van der Waals surface area (Å²) >= 11 is 0. The normalized spacial score (nSPS) is 27.1. The summed E-state index contributed by atoms with van der Waals surface area (Å²) in [7, 11) is 0. The van der Waals surface area contributed by atoms with Crippen LogP contribution in [0.2, 0.25) is 0 Å². The van der Waals surface area contributed by atoms with Crippen molar-refractivity contribution in [1.29, 1.82) is 5.41 Å². The fourth-order valence-corrected chi connectivity index (χ4v) is 2.53. The van der Waals surface area contributed by atoms with Crippen LogP contribution in [0.5, 0.6) is 0 Å². The van der Waals surface area contributed by atoms with Crippen molar-refractivity contribution in [3.8, 4) is 0 Å². The molecule has 92 valence electrons. The Balaban J connectivity index is 2.28. The molecule has 0 spiro atoms. The largest absolute Gasteiger partial charge is 0.313 e. The van der Waals surface area contributed by atoms with Crippen molar-refractivity contribution in [2.75, 3.05) is 0 Å². The van der Waals surface area contributed by atoms with Gasteiger partial charge < -0.3 is 5.41 Å². The van der Waals surface area contributed by atoms with Gasteiger partial charge in [0.25, 0.3) is 0 Å². The van der Waals surface area contributed by atoms with Crippen LogP contribution < -0.4 is 0 Å². The summed E-state index contributed by atoms with van der Waals surface area (Å²) in [5, 5.41) is 7.24. The molecule has 0 saturated heterocycles. The monoisotopic (exact) mass is 221 g/mol. The summed E-state index contributed by atoms with van der Waals surface area (Å²) in [6.45, 7) is 0. The average molecular weight is 221 g/mol. The van der Waals surface area contributed by atoms with Gasteiger partial charge in [0.05, 0.1) is 0 Å². The molecule has 16 heavy (non-hydrogen) atoms. The van der Waals surface area contributed by atoms with Crippen molar-refractivity contribution in [2.24, 2.45) is 5.92 Å². The van der Waals surface area contributed by atoms with Crippen molar-refractivity contribution >= 4 is 6.21 Å². The number of hydrogen-bond donors (Lipinski definition) is 1. The summed E-state index contributed by atoms with van der Waals surface area (Å²) in [5.41, 5.74) is 0. The van der Waals surface area contributed by atoms with E-state index in [9.17, 15) is 0 Å². The zero-order valence-corrected chi connectivity index (χ0v) is 10.6. The van der Waals surface area contributed by atoms with Crippen molar-refractivity contribution in [2.45, 2.75) is 70.6 Å². The zero-order valence-electron chi connectivity index (χ0n) is 10.6. The van der Waals surface area contributed by atoms with Gasteiger partial charge in [0.1, 0.15) is 0 Å². The first kappa shape index (κ1) is 13.5. The van der Waals surface area contributed by atoms with Crippen LogP contribution in [0.4, 0.5) is 0 Å². The molecule has 1 aliphatic rings. The molecule has 1 atom stereocenters. The number of allylic oxidation sites excluding steroid dienone is 2. The first-order valence-electron chi connectivity index (χ1n) is 7.07. The maximum absolute atomic E-state index is 7.24. The van der Waals surface area contributed by atoms with Crippen LogP contribution in [-0.2, 0) is 0 Å². The molecule has 0 radical (unpaired) electrons. The molecule has 1 rings (SSSR count). The van der Waals surface area contributed by atoms with Crippen molar-refractivity contribution in [3.05, 3.63) is 12.2 Å². The van der Waals surface area contributed by atoms with E-state index in [-0.39, 0.29) is 0 Å². The summed E-state index contributed by atoms with van der Waals surface area (Å²) in [4.78, 5) is 0. The van der Waals surface area contributed by atoms with E-state index in [1.807, 2.05) is 0 Å². The summed E-state index contributed by atoms with van der Waals surface area (Å²) < 4.78 is 0. The molecular weight excluding hydrogens is 194 g/mol. The summed E-state index contributed by atoms with van der Waals surface area (Å²) in [5.74, 6) is 0.794. The predicted octanol–water partition coefficient (Wildman–Crippen LogP) is 5.11. The molecule has 1 unspecified atom stereocenters. The first-order valence-corrected chi connectivity index (χ1v) is 7.07. The van der Waals surface area contributed by atoms with E-state index in [2.05, 4.69) is 12.2 Å². The molecule has 0 aliphatic heterocycles. The summed E-state index contributed by atoms with van der Waals surface area (Å²) in [6.07, 6.45) is 20.8. The van der Waals surface area contributed by atoms with Gasteiger partial charge in [-0.05, 0) is 44.2 Å². The molecule has 0 aromatic rings. The third-order valence-corrected chi connectivity index (χ3v) is 3.58. The van der Waals surface area contributed by atoms with Gasteiger partial charge >= 0.3 is 0 Å². The molecule has 0 fully saturated rings. The maximum atomic E-state index is 7.24. The number of nitrogens with one attached hydrogen (secondary N) is 1. The van der Waals surface area contributed by atoms with E-state index in [0.29, 0.717) is 0 Å². The van der Waals surface area contributed by atoms with E-state index < -0.39 is 0 Å². The molecular formula is C15H27N. The molecule has 0 heterocycles. The van der Waals surface area contributed by atoms with Gasteiger partial charge in [0.2, 0.25) is 0 Å². The van der Waals surface area contributed by atoms with E-state index in [1.165, 1.54) is 64.2 Å². The first-order chi connectivity index (χ1) is 7.93. The predicted molar refractivity (Wildman–Crippen MR) is 72.2 cm³/mol. The Labute approximate surface area is 101 Å². The Kier molecular flexibility index (Phi) is 8.10. The lowest BCUT2D eigenvalue weighted by atomic mass is 9.92. The Morgan fingerprint density at radius 2 is 1.44 bits per heavy atom. The lowest BCUT2D eigenvalue weighted by Crippen LogP contribution is -2.01. The Morgan fingerprint density at radius 3 is 2.12 bits per heavy atom. The van der Waals surface area contributed by atoms with Gasteiger partial charge in [-0.2, -0.15) is 0 Å². The minimum Gasteiger partial charge on any atom is -0.313 e. The molecule has 1 heteroatoms. The van der Waals surface area contributed by atoms with E-state index >= 15 is 0 Å². The van der Waals surface area contributed by atoms with Crippen molar-refractivity contribution < 1.29 is 0 Å². The third-order valence-electron chi connectivity index (χ3n) is 3.58. The van der Waals surface area contributed by atoms with Gasteiger partial charge in [0, 0.05) is 0 Å². The minimum absolute atomic E-state index is 0.794. The zero-order chi connectivity index (χ0) is 11.5. The quantitative estimate of drug-likeness (QED) is 0.495. The van der Waals surface area contributed by atoms with Gasteiger partial charge in [-0.15, -0.1) is 0 Å². The highest BCUT2D eigenvalue weighted by molar-refractivity contribution is 5.53. The highest BCUT2D eigenvalue weighted by atomic mass is 14.3. The van der Waals surface area contributed by atoms with Gasteiger partial charge in [-0.1, -0.05) is 50.7 Å². The van der Waals surface area contributed by atoms with Crippen LogP contribution in [0.15, 0.2) is 12.2 Å². The van der Waals surface area contributed by atoms with E-state index in [0.717, 1.165) is 12.3 Å². The Bertz CT molecular complexity index is 196. The fraction of sp³-hybridized carbons (Fsp3) is 0.800. The molecule has 0 bridgehead atoms. The van der Waals surface area contributed by atoms with E-state index in [1.54, 1.807) is 6.21 Å². The van der Waals surface area contributed by atoms with Crippen molar-refractivity contribution in [3.63, 3.8) is 0 Å². The van der Waals surface area contributed by atoms with Gasteiger partial charge in [-0.25, -0.2) is 0 Å². The second kappa shape index (κ2) is 9.62. The van der Waals surface area contributed by atoms with Gasteiger partial charge in [0.15, 0.2) is 0 Å². The Morgan fingerprint density at radius 1 is 0.875 bits per heavy atom. The second-order valence-electron chi connectivity index (χ2n) is 5.05. The van der Waals surface area contributed by atoms with Crippen LogP contribution in [-0.4, -0.2) is 6.21 Å². The lowest BCUT2D eigenvalue weighted by molar-refractivity contribution is 0.423. The van der Waals surface area contributed by atoms with Crippen LogP contribution in [0.1, 0.15) is 70.6 Å². The molecule has 0 amide bonds. The minimum atomic E-state index is 0.794. The molecule has 1 N–H and O–H groups in total. The van der Waals surface area contributed by atoms with E-state index in [4.69, 9.17) is 5.41 Å². The topological polar surface area (TPSA) is 23.9 Å². The fourth-order valence-electron chi connectivity index (χ4n) is 2.53. The van der Waals surface area contributed by atoms with Crippen LogP contribution >= 0.6 is 0 Å². The second-order valence-corrected chi connectivity index (χ2v) is 5.05. The molecule has 0 aromatic heterocycles. The SMILES string of the molecule is N=CCC1CCCC/C=C\CCCCCC1. The highest BCUT2D eigenvalue weighted by Gasteiger charge is 2.07. The van der Waals surface area contributed by atoms with Crippen LogP contribution in [0.25, 0.3) is 0 Å². The lowest BCUT2D eigenvalue weighted by Gasteiger charge is -2.13. The molecule has 1 nitrogen and oxygen atoms in total. The number of hydrogen-bond acceptors (Lipinski definition) is 1. The molecule has 0 aromatic carbocycles. The molecule has 1 aliphatic carbocycles. The van der Waals surface area contributed by atoms with Crippen molar-refractivity contribution in [1.82, 2.24) is 0 Å². The van der Waals surface area contributed by atoms with Gasteiger partial charge in [-0.3, -0.25) is 0 Å². The third kappa shape index (κ3) is 6.81. The summed E-state index contributed by atoms with van der Waals surface area (Å²) in [6, 6.07) is 0. The van der Waals surface area contributed by atoms with Crippen LogP contribution in [0, 0.1) is 11.3 Å².